The Morgan fingerprint density at radius 2 is 1.71 bits per heavy atom. The van der Waals surface area contributed by atoms with E-state index < -0.39 is 16.3 Å². The third kappa shape index (κ3) is 4.18. The second-order valence-electron chi connectivity index (χ2n) is 5.54. The zero-order valence-corrected chi connectivity index (χ0v) is 13.3. The Kier molecular flexibility index (Phi) is 5.61. The lowest BCUT2D eigenvalue weighted by Crippen LogP contribution is -2.46. The van der Waals surface area contributed by atoms with Crippen LogP contribution in [0.4, 0.5) is 5.69 Å². The van der Waals surface area contributed by atoms with Gasteiger partial charge in [0.2, 0.25) is 0 Å². The summed E-state index contributed by atoms with van der Waals surface area (Å²) < 4.78 is 28.7. The van der Waals surface area contributed by atoms with Gasteiger partial charge in [0.05, 0.1) is 18.3 Å². The molecule has 0 amide bonds. The molecule has 0 saturated carbocycles. The smallest absolute Gasteiger partial charge is 0.304 e. The second-order valence-corrected chi connectivity index (χ2v) is 7.39. The number of benzene rings is 1. The van der Waals surface area contributed by atoms with Gasteiger partial charge in [-0.05, 0) is 31.9 Å². The molecule has 5 nitrogen and oxygen atoms in total. The van der Waals surface area contributed by atoms with Crippen LogP contribution in [0.15, 0.2) is 30.3 Å². The third-order valence-corrected chi connectivity index (χ3v) is 5.58. The summed E-state index contributed by atoms with van der Waals surface area (Å²) in [6, 6.07) is 8.99. The zero-order valence-electron chi connectivity index (χ0n) is 12.5. The summed E-state index contributed by atoms with van der Waals surface area (Å²) in [6.45, 7) is 2.80. The van der Waals surface area contributed by atoms with Gasteiger partial charge in [0, 0.05) is 13.1 Å². The van der Waals surface area contributed by atoms with E-state index in [1.807, 2.05) is 18.2 Å². The Labute approximate surface area is 127 Å². The van der Waals surface area contributed by atoms with Crippen molar-refractivity contribution in [3.63, 3.8) is 0 Å². The Balaban J connectivity index is 2.30. The molecule has 1 aliphatic rings. The first-order chi connectivity index (χ1) is 10.0. The van der Waals surface area contributed by atoms with Crippen molar-refractivity contribution < 1.29 is 13.5 Å². The molecule has 1 heterocycles. The Bertz CT molecular complexity index is 523. The standard InChI is InChI=1S/C15H24N2O3S/c1-14(18)13-17(15-9-5-4-6-10-15)21(19,20)16-11-7-2-3-8-12-16/h4-6,9-10,14,18H,2-3,7-8,11-13H2,1H3. The third-order valence-electron chi connectivity index (χ3n) is 3.64. The van der Waals surface area contributed by atoms with Crippen molar-refractivity contribution in [3.05, 3.63) is 30.3 Å². The summed E-state index contributed by atoms with van der Waals surface area (Å²) in [5.41, 5.74) is 0.600. The minimum Gasteiger partial charge on any atom is -0.392 e. The van der Waals surface area contributed by atoms with Gasteiger partial charge in [-0.15, -0.1) is 0 Å². The summed E-state index contributed by atoms with van der Waals surface area (Å²) in [5, 5.41) is 9.68. The van der Waals surface area contributed by atoms with Gasteiger partial charge in [-0.3, -0.25) is 4.31 Å². The fourth-order valence-electron chi connectivity index (χ4n) is 2.58. The van der Waals surface area contributed by atoms with Crippen molar-refractivity contribution in [3.8, 4) is 0 Å². The van der Waals surface area contributed by atoms with Crippen LogP contribution < -0.4 is 4.31 Å². The van der Waals surface area contributed by atoms with E-state index in [1.54, 1.807) is 23.4 Å². The average Bonchev–Trinajstić information content (AvgIpc) is 2.75. The summed E-state index contributed by atoms with van der Waals surface area (Å²) in [6.07, 6.45) is 3.24. The molecule has 0 radical (unpaired) electrons. The lowest BCUT2D eigenvalue weighted by molar-refractivity contribution is 0.203. The number of rotatable bonds is 5. The highest BCUT2D eigenvalue weighted by Crippen LogP contribution is 2.23. The fraction of sp³-hybridized carbons (Fsp3) is 0.600. The van der Waals surface area contributed by atoms with Gasteiger partial charge < -0.3 is 5.11 Å². The lowest BCUT2D eigenvalue weighted by Gasteiger charge is -2.31. The maximum Gasteiger partial charge on any atom is 0.304 e. The van der Waals surface area contributed by atoms with Crippen molar-refractivity contribution in [2.75, 3.05) is 23.9 Å². The van der Waals surface area contributed by atoms with Gasteiger partial charge in [0.25, 0.3) is 0 Å². The number of hydrogen-bond donors (Lipinski definition) is 1. The molecule has 0 bridgehead atoms. The predicted octanol–water partition coefficient (Wildman–Crippen LogP) is 1.99. The topological polar surface area (TPSA) is 60.9 Å². The molecule has 1 N–H and O–H groups in total. The maximum absolute atomic E-state index is 12.9. The first kappa shape index (κ1) is 16.3. The molecule has 1 unspecified atom stereocenters. The maximum atomic E-state index is 12.9. The van der Waals surface area contributed by atoms with Crippen LogP contribution in [0.3, 0.4) is 0 Å². The Morgan fingerprint density at radius 1 is 1.14 bits per heavy atom. The molecule has 1 saturated heterocycles. The van der Waals surface area contributed by atoms with Crippen molar-refractivity contribution in [1.82, 2.24) is 4.31 Å². The van der Waals surface area contributed by atoms with E-state index in [-0.39, 0.29) is 6.54 Å². The number of para-hydroxylation sites is 1. The Morgan fingerprint density at radius 3 is 2.24 bits per heavy atom. The molecule has 21 heavy (non-hydrogen) atoms. The van der Waals surface area contributed by atoms with E-state index >= 15 is 0 Å². The van der Waals surface area contributed by atoms with Gasteiger partial charge >= 0.3 is 10.2 Å². The molecule has 1 atom stereocenters. The fourth-order valence-corrected chi connectivity index (χ4v) is 4.37. The molecular formula is C15H24N2O3S. The average molecular weight is 312 g/mol. The van der Waals surface area contributed by atoms with Gasteiger partial charge in [0.1, 0.15) is 0 Å². The van der Waals surface area contributed by atoms with E-state index in [1.165, 1.54) is 4.31 Å². The summed E-state index contributed by atoms with van der Waals surface area (Å²) in [5.74, 6) is 0. The lowest BCUT2D eigenvalue weighted by atomic mass is 10.2. The van der Waals surface area contributed by atoms with Crippen molar-refractivity contribution >= 4 is 15.9 Å². The summed E-state index contributed by atoms with van der Waals surface area (Å²) >= 11 is 0. The van der Waals surface area contributed by atoms with Crippen molar-refractivity contribution in [2.45, 2.75) is 38.7 Å². The van der Waals surface area contributed by atoms with E-state index in [9.17, 15) is 13.5 Å². The van der Waals surface area contributed by atoms with Crippen LogP contribution in [0.25, 0.3) is 0 Å². The SMILES string of the molecule is CC(O)CN(c1ccccc1)S(=O)(=O)N1CCCCCC1. The monoisotopic (exact) mass is 312 g/mol. The number of aliphatic hydroxyl groups excluding tert-OH is 1. The van der Waals surface area contributed by atoms with E-state index in [4.69, 9.17) is 0 Å². The van der Waals surface area contributed by atoms with Gasteiger partial charge in [-0.2, -0.15) is 12.7 Å². The molecule has 2 rings (SSSR count). The number of aliphatic hydroxyl groups is 1. The van der Waals surface area contributed by atoms with Crippen molar-refractivity contribution in [2.24, 2.45) is 0 Å². The quantitative estimate of drug-likeness (QED) is 0.904. The number of nitrogens with zero attached hydrogens (tertiary/aromatic N) is 2. The highest BCUT2D eigenvalue weighted by atomic mass is 32.2. The van der Waals surface area contributed by atoms with E-state index in [0.717, 1.165) is 25.7 Å². The van der Waals surface area contributed by atoms with Crippen LogP contribution >= 0.6 is 0 Å². The predicted molar refractivity (Wildman–Crippen MR) is 84.4 cm³/mol. The van der Waals surface area contributed by atoms with Gasteiger partial charge in [-0.1, -0.05) is 31.0 Å². The van der Waals surface area contributed by atoms with Crippen LogP contribution in [0.5, 0.6) is 0 Å². The van der Waals surface area contributed by atoms with Crippen LogP contribution in [0.1, 0.15) is 32.6 Å². The number of anilines is 1. The van der Waals surface area contributed by atoms with E-state index in [2.05, 4.69) is 0 Å². The molecule has 1 fully saturated rings. The molecular weight excluding hydrogens is 288 g/mol. The first-order valence-corrected chi connectivity index (χ1v) is 8.92. The van der Waals surface area contributed by atoms with Crippen LogP contribution in [-0.4, -0.2) is 43.6 Å². The molecule has 1 aromatic rings. The van der Waals surface area contributed by atoms with Crippen LogP contribution in [-0.2, 0) is 10.2 Å². The minimum atomic E-state index is -3.59. The summed E-state index contributed by atoms with van der Waals surface area (Å²) in [7, 11) is -3.59. The minimum absolute atomic E-state index is 0.0723. The van der Waals surface area contributed by atoms with Gasteiger partial charge in [0.15, 0.2) is 0 Å². The highest BCUT2D eigenvalue weighted by molar-refractivity contribution is 7.90. The highest BCUT2D eigenvalue weighted by Gasteiger charge is 2.30. The van der Waals surface area contributed by atoms with Crippen molar-refractivity contribution in [1.29, 1.82) is 0 Å². The molecule has 118 valence electrons. The summed E-state index contributed by atoms with van der Waals surface area (Å²) in [4.78, 5) is 0. The first-order valence-electron chi connectivity index (χ1n) is 7.53. The van der Waals surface area contributed by atoms with Gasteiger partial charge in [-0.25, -0.2) is 0 Å². The molecule has 1 aromatic carbocycles. The molecule has 6 heteroatoms. The molecule has 0 aliphatic carbocycles. The van der Waals surface area contributed by atoms with E-state index in [0.29, 0.717) is 18.8 Å². The second kappa shape index (κ2) is 7.24. The normalized spacial score (nSPS) is 19.0. The van der Waals surface area contributed by atoms with Crippen LogP contribution in [0, 0.1) is 0 Å². The number of hydrogen-bond acceptors (Lipinski definition) is 3. The molecule has 1 aliphatic heterocycles. The molecule has 0 spiro atoms. The van der Waals surface area contributed by atoms with Crippen LogP contribution in [0.2, 0.25) is 0 Å². The zero-order chi connectivity index (χ0) is 15.3. The molecule has 0 aromatic heterocycles. The Hall–Kier alpha value is -1.11. The largest absolute Gasteiger partial charge is 0.392 e.